The summed E-state index contributed by atoms with van der Waals surface area (Å²) in [6.07, 6.45) is 2.35. The highest BCUT2D eigenvalue weighted by Gasteiger charge is 2.15. The van der Waals surface area contributed by atoms with Crippen molar-refractivity contribution in [2.75, 3.05) is 6.54 Å². The summed E-state index contributed by atoms with van der Waals surface area (Å²) < 4.78 is 27.1. The number of halogens is 4. The summed E-state index contributed by atoms with van der Waals surface area (Å²) in [5, 5.41) is 3.78. The van der Waals surface area contributed by atoms with E-state index < -0.39 is 17.5 Å². The van der Waals surface area contributed by atoms with Gasteiger partial charge >= 0.3 is 0 Å². The number of aromatic amines is 1. The Morgan fingerprint density at radius 2 is 1.92 bits per heavy atom. The largest absolute Gasteiger partial charge is 0.361 e. The van der Waals surface area contributed by atoms with E-state index in [0.717, 1.165) is 28.6 Å². The molecule has 0 radical (unpaired) electrons. The zero-order valence-corrected chi connectivity index (χ0v) is 13.8. The normalized spacial score (nSPS) is 11.0. The first kappa shape index (κ1) is 16.7. The summed E-state index contributed by atoms with van der Waals surface area (Å²) in [6.45, 7) is 0.266. The molecule has 0 unspecified atom stereocenters. The first-order valence-corrected chi connectivity index (χ1v) is 7.89. The number of carbonyl (C=O) groups excluding carboxylic acids is 1. The topological polar surface area (TPSA) is 44.9 Å². The molecule has 24 heavy (non-hydrogen) atoms. The van der Waals surface area contributed by atoms with Crippen molar-refractivity contribution in [3.8, 4) is 0 Å². The van der Waals surface area contributed by atoms with Crippen LogP contribution in [0.15, 0.2) is 36.5 Å². The molecule has 0 saturated carbocycles. The Labute approximate surface area is 146 Å². The highest BCUT2D eigenvalue weighted by atomic mass is 35.5. The van der Waals surface area contributed by atoms with Crippen LogP contribution in [-0.4, -0.2) is 17.4 Å². The van der Waals surface area contributed by atoms with E-state index in [4.69, 9.17) is 23.2 Å². The number of benzene rings is 2. The van der Waals surface area contributed by atoms with E-state index >= 15 is 0 Å². The number of amides is 1. The van der Waals surface area contributed by atoms with Crippen LogP contribution >= 0.6 is 23.2 Å². The van der Waals surface area contributed by atoms with E-state index in [-0.39, 0.29) is 17.1 Å². The lowest BCUT2D eigenvalue weighted by molar-refractivity contribution is 0.0949. The summed E-state index contributed by atoms with van der Waals surface area (Å²) >= 11 is 11.5. The Morgan fingerprint density at radius 1 is 1.12 bits per heavy atom. The number of fused-ring (bicyclic) bond motifs is 1. The minimum atomic E-state index is -0.863. The molecular formula is C17H12Cl2F2N2O. The predicted molar refractivity (Wildman–Crippen MR) is 90.7 cm³/mol. The summed E-state index contributed by atoms with van der Waals surface area (Å²) in [6, 6.07) is 7.06. The molecule has 2 aromatic carbocycles. The Morgan fingerprint density at radius 3 is 2.71 bits per heavy atom. The van der Waals surface area contributed by atoms with Crippen molar-refractivity contribution in [3.63, 3.8) is 0 Å². The van der Waals surface area contributed by atoms with Gasteiger partial charge in [0.2, 0.25) is 0 Å². The van der Waals surface area contributed by atoms with Gasteiger partial charge in [-0.3, -0.25) is 4.79 Å². The molecule has 0 aliphatic heterocycles. The third kappa shape index (κ3) is 3.37. The van der Waals surface area contributed by atoms with Crippen LogP contribution in [0.2, 0.25) is 10.0 Å². The van der Waals surface area contributed by atoms with E-state index in [2.05, 4.69) is 10.3 Å². The number of aromatic nitrogens is 1. The lowest BCUT2D eigenvalue weighted by atomic mass is 10.1. The maximum Gasteiger partial charge on any atom is 0.254 e. The monoisotopic (exact) mass is 368 g/mol. The van der Waals surface area contributed by atoms with E-state index in [1.54, 1.807) is 6.07 Å². The molecule has 2 N–H and O–H groups in total. The fraction of sp³-hybridized carbons (Fsp3) is 0.118. The van der Waals surface area contributed by atoms with E-state index in [0.29, 0.717) is 11.4 Å². The molecular weight excluding hydrogens is 357 g/mol. The summed E-state index contributed by atoms with van der Waals surface area (Å²) in [5.74, 6) is -2.40. The second-order valence-corrected chi connectivity index (χ2v) is 6.10. The standard InChI is InChI=1S/C17H12Cl2F2N2O/c18-10-1-2-16-11(5-10)9(8-23-16)3-4-22-17(24)12-6-15(21)13(19)7-14(12)20/h1-2,5-8,23H,3-4H2,(H,22,24). The molecule has 1 heterocycles. The smallest absolute Gasteiger partial charge is 0.254 e. The van der Waals surface area contributed by atoms with Gasteiger partial charge in [0.25, 0.3) is 5.91 Å². The first-order valence-electron chi connectivity index (χ1n) is 7.14. The molecule has 3 rings (SSSR count). The highest BCUT2D eigenvalue weighted by molar-refractivity contribution is 6.31. The van der Waals surface area contributed by atoms with Gasteiger partial charge in [0, 0.05) is 28.7 Å². The van der Waals surface area contributed by atoms with Crippen LogP contribution in [0.25, 0.3) is 10.9 Å². The van der Waals surface area contributed by atoms with E-state index in [1.165, 1.54) is 0 Å². The zero-order valence-electron chi connectivity index (χ0n) is 12.3. The molecule has 0 fully saturated rings. The van der Waals surface area contributed by atoms with Crippen LogP contribution in [0.1, 0.15) is 15.9 Å². The minimum absolute atomic E-state index is 0.266. The Balaban J connectivity index is 1.68. The summed E-state index contributed by atoms with van der Waals surface area (Å²) in [5.41, 5.74) is 1.53. The average Bonchev–Trinajstić information content (AvgIpc) is 2.93. The van der Waals surface area contributed by atoms with Crippen LogP contribution in [-0.2, 0) is 6.42 Å². The second-order valence-electron chi connectivity index (χ2n) is 5.26. The van der Waals surface area contributed by atoms with Crippen LogP contribution in [0, 0.1) is 11.6 Å². The third-order valence-electron chi connectivity index (χ3n) is 3.66. The van der Waals surface area contributed by atoms with Crippen molar-refractivity contribution >= 4 is 40.0 Å². The van der Waals surface area contributed by atoms with Crippen molar-refractivity contribution in [1.29, 1.82) is 0 Å². The van der Waals surface area contributed by atoms with Gasteiger partial charge in [0.05, 0.1) is 10.6 Å². The maximum atomic E-state index is 13.7. The van der Waals surface area contributed by atoms with Gasteiger partial charge < -0.3 is 10.3 Å². The number of nitrogens with one attached hydrogen (secondary N) is 2. The van der Waals surface area contributed by atoms with Gasteiger partial charge in [-0.05, 0) is 42.3 Å². The van der Waals surface area contributed by atoms with Crippen molar-refractivity contribution in [3.05, 3.63) is 69.3 Å². The molecule has 3 nitrogen and oxygen atoms in total. The molecule has 124 valence electrons. The van der Waals surface area contributed by atoms with Gasteiger partial charge in [-0.15, -0.1) is 0 Å². The van der Waals surface area contributed by atoms with E-state index in [1.807, 2.05) is 18.3 Å². The van der Waals surface area contributed by atoms with Crippen molar-refractivity contribution in [2.24, 2.45) is 0 Å². The zero-order chi connectivity index (χ0) is 17.3. The maximum absolute atomic E-state index is 13.7. The molecule has 1 amide bonds. The van der Waals surface area contributed by atoms with Gasteiger partial charge in [-0.2, -0.15) is 0 Å². The quantitative estimate of drug-likeness (QED) is 0.642. The molecule has 3 aromatic rings. The number of rotatable bonds is 4. The van der Waals surface area contributed by atoms with Crippen molar-refractivity contribution in [1.82, 2.24) is 10.3 Å². The Kier molecular flexibility index (Phi) is 4.73. The molecule has 0 saturated heterocycles. The Bertz CT molecular complexity index is 924. The van der Waals surface area contributed by atoms with Crippen LogP contribution < -0.4 is 5.32 Å². The molecule has 0 spiro atoms. The molecule has 1 aromatic heterocycles. The third-order valence-corrected chi connectivity index (χ3v) is 4.19. The molecule has 0 aliphatic rings. The van der Waals surface area contributed by atoms with Gasteiger partial charge in [-0.1, -0.05) is 23.2 Å². The molecule has 7 heteroatoms. The average molecular weight is 369 g/mol. The van der Waals surface area contributed by atoms with Crippen molar-refractivity contribution < 1.29 is 13.6 Å². The lowest BCUT2D eigenvalue weighted by Crippen LogP contribution is -2.26. The molecule has 0 aliphatic carbocycles. The fourth-order valence-corrected chi connectivity index (χ4v) is 2.78. The van der Waals surface area contributed by atoms with Gasteiger partial charge in [0.1, 0.15) is 11.6 Å². The number of H-pyrrole nitrogens is 1. The first-order chi connectivity index (χ1) is 11.5. The second kappa shape index (κ2) is 6.79. The number of hydrogen-bond acceptors (Lipinski definition) is 1. The van der Waals surface area contributed by atoms with Gasteiger partial charge in [-0.25, -0.2) is 8.78 Å². The van der Waals surface area contributed by atoms with Gasteiger partial charge in [0.15, 0.2) is 0 Å². The fourth-order valence-electron chi connectivity index (χ4n) is 2.46. The van der Waals surface area contributed by atoms with Crippen LogP contribution in [0.5, 0.6) is 0 Å². The Hall–Kier alpha value is -2.11. The van der Waals surface area contributed by atoms with Crippen molar-refractivity contribution in [2.45, 2.75) is 6.42 Å². The molecule has 0 atom stereocenters. The highest BCUT2D eigenvalue weighted by Crippen LogP contribution is 2.23. The number of carbonyl (C=O) groups is 1. The van der Waals surface area contributed by atoms with Crippen LogP contribution in [0.3, 0.4) is 0 Å². The minimum Gasteiger partial charge on any atom is -0.361 e. The van der Waals surface area contributed by atoms with E-state index in [9.17, 15) is 13.6 Å². The summed E-state index contributed by atoms with van der Waals surface area (Å²) in [4.78, 5) is 15.1. The lowest BCUT2D eigenvalue weighted by Gasteiger charge is -2.07. The number of hydrogen-bond donors (Lipinski definition) is 2. The summed E-state index contributed by atoms with van der Waals surface area (Å²) in [7, 11) is 0. The predicted octanol–water partition coefficient (Wildman–Crippen LogP) is 4.73. The van der Waals surface area contributed by atoms with Crippen LogP contribution in [0.4, 0.5) is 8.78 Å². The molecule has 0 bridgehead atoms. The SMILES string of the molecule is O=C(NCCc1c[nH]c2ccc(Cl)cc12)c1cc(F)c(Cl)cc1F.